The van der Waals surface area contributed by atoms with Crippen molar-refractivity contribution in [3.05, 3.63) is 64.8 Å². The van der Waals surface area contributed by atoms with Gasteiger partial charge >= 0.3 is 29.6 Å². The third-order valence-corrected chi connectivity index (χ3v) is 5.76. The number of nitrogens with zero attached hydrogens (tertiary/aromatic N) is 1. The minimum absolute atomic E-state index is 0. The summed E-state index contributed by atoms with van der Waals surface area (Å²) in [5.41, 5.74) is 1.99. The number of fused-ring (bicyclic) bond motifs is 1. The summed E-state index contributed by atoms with van der Waals surface area (Å²) in [6.45, 7) is 2.87. The Kier molecular flexibility index (Phi) is 8.26. The van der Waals surface area contributed by atoms with Gasteiger partial charge in [-0.15, -0.1) is 0 Å². The van der Waals surface area contributed by atoms with Crippen molar-refractivity contribution < 1.29 is 48.9 Å². The van der Waals surface area contributed by atoms with Crippen LogP contribution in [0.1, 0.15) is 35.2 Å². The zero-order valence-electron chi connectivity index (χ0n) is 17.1. The number of carbonyl (C=O) groups excluding carboxylic acids is 1. The number of benzene rings is 2. The first kappa shape index (κ1) is 23.2. The van der Waals surface area contributed by atoms with Crippen LogP contribution < -0.4 is 39.4 Å². The van der Waals surface area contributed by atoms with Crippen molar-refractivity contribution in [2.45, 2.75) is 25.8 Å². The zero-order chi connectivity index (χ0) is 20.2. The van der Waals surface area contributed by atoms with Gasteiger partial charge in [0.05, 0.1) is 19.1 Å². The molecule has 2 aromatic carbocycles. The van der Waals surface area contributed by atoms with Gasteiger partial charge in [-0.3, -0.25) is 0 Å². The number of halogens is 1. The fourth-order valence-electron chi connectivity index (χ4n) is 3.91. The molecular formula is C23H23ClNNaO4. The molecule has 1 aliphatic heterocycles. The molecule has 2 heterocycles. The van der Waals surface area contributed by atoms with Crippen molar-refractivity contribution in [1.82, 2.24) is 4.57 Å². The minimum atomic E-state index is -1.17. The van der Waals surface area contributed by atoms with Crippen LogP contribution in [0.15, 0.2) is 48.7 Å². The Bertz CT molecular complexity index is 1010. The number of hydrogen-bond acceptors (Lipinski definition) is 4. The van der Waals surface area contributed by atoms with Crippen LogP contribution in [0.5, 0.6) is 5.75 Å². The maximum absolute atomic E-state index is 11.4. The Morgan fingerprint density at radius 1 is 1.20 bits per heavy atom. The van der Waals surface area contributed by atoms with Crippen molar-refractivity contribution >= 4 is 28.5 Å². The molecule has 30 heavy (non-hydrogen) atoms. The molecule has 1 aliphatic rings. The Morgan fingerprint density at radius 3 is 2.77 bits per heavy atom. The van der Waals surface area contributed by atoms with E-state index < -0.39 is 5.97 Å². The van der Waals surface area contributed by atoms with Gasteiger partial charge in [-0.2, -0.15) is 0 Å². The molecule has 0 radical (unpaired) electrons. The molecule has 0 aliphatic carbocycles. The van der Waals surface area contributed by atoms with E-state index in [0.717, 1.165) is 49.3 Å². The number of aromatic nitrogens is 1. The molecule has 0 N–H and O–H groups in total. The normalized spacial score (nSPS) is 14.4. The summed E-state index contributed by atoms with van der Waals surface area (Å²) in [5, 5.41) is 12.7. The number of carbonyl (C=O) groups is 1. The SMILES string of the molecule is O=C([O-])c1cccc2c1ccn2Cc1cc(Cl)ccc1OCCC1CCOCC1.[Na+]. The third kappa shape index (κ3) is 5.40. The van der Waals surface area contributed by atoms with E-state index in [0.29, 0.717) is 29.5 Å². The van der Waals surface area contributed by atoms with Crippen LogP contribution in [-0.2, 0) is 11.3 Å². The van der Waals surface area contributed by atoms with Gasteiger partial charge in [-0.1, -0.05) is 23.7 Å². The summed E-state index contributed by atoms with van der Waals surface area (Å²) >= 11 is 6.23. The molecule has 152 valence electrons. The van der Waals surface area contributed by atoms with Crippen molar-refractivity contribution in [3.63, 3.8) is 0 Å². The number of rotatable bonds is 7. The van der Waals surface area contributed by atoms with Crippen LogP contribution in [0.4, 0.5) is 0 Å². The van der Waals surface area contributed by atoms with Crippen LogP contribution in [0.25, 0.3) is 10.9 Å². The summed E-state index contributed by atoms with van der Waals surface area (Å²) in [6, 6.07) is 12.6. The molecular weight excluding hydrogens is 413 g/mol. The average molecular weight is 436 g/mol. The number of ether oxygens (including phenoxy) is 2. The molecule has 7 heteroatoms. The maximum atomic E-state index is 11.4. The molecule has 0 unspecified atom stereocenters. The Balaban J connectivity index is 0.00000256. The Morgan fingerprint density at radius 2 is 2.00 bits per heavy atom. The summed E-state index contributed by atoms with van der Waals surface area (Å²) in [5.74, 6) is 0.281. The van der Waals surface area contributed by atoms with E-state index in [-0.39, 0.29) is 35.1 Å². The van der Waals surface area contributed by atoms with Gasteiger partial charge in [0, 0.05) is 46.5 Å². The molecule has 0 saturated carbocycles. The Hall–Kier alpha value is -1.50. The summed E-state index contributed by atoms with van der Waals surface area (Å²) in [6.07, 6.45) is 5.07. The van der Waals surface area contributed by atoms with E-state index in [1.165, 1.54) is 0 Å². The summed E-state index contributed by atoms with van der Waals surface area (Å²) < 4.78 is 13.5. The van der Waals surface area contributed by atoms with Crippen molar-refractivity contribution in [2.24, 2.45) is 5.92 Å². The maximum Gasteiger partial charge on any atom is 1.00 e. The standard InChI is InChI=1S/C23H24ClNO4.Na/c24-18-4-5-22(29-13-9-16-7-11-28-12-8-16)17(14-18)15-25-10-6-19-20(23(26)27)2-1-3-21(19)25;/h1-6,10,14,16H,7-9,11-13,15H2,(H,26,27);/q;+1/p-1. The fourth-order valence-corrected chi connectivity index (χ4v) is 4.10. The van der Waals surface area contributed by atoms with Gasteiger partial charge in [0.1, 0.15) is 5.75 Å². The van der Waals surface area contributed by atoms with Gasteiger partial charge in [0.25, 0.3) is 0 Å². The van der Waals surface area contributed by atoms with Crippen LogP contribution in [0.2, 0.25) is 5.02 Å². The molecule has 0 amide bonds. The first-order chi connectivity index (χ1) is 14.1. The quantitative estimate of drug-likeness (QED) is 0.517. The first-order valence-electron chi connectivity index (χ1n) is 9.90. The molecule has 1 saturated heterocycles. The van der Waals surface area contributed by atoms with Crippen LogP contribution >= 0.6 is 11.6 Å². The molecule has 1 aromatic heterocycles. The van der Waals surface area contributed by atoms with E-state index in [1.54, 1.807) is 18.2 Å². The van der Waals surface area contributed by atoms with Gasteiger partial charge in [0.15, 0.2) is 0 Å². The van der Waals surface area contributed by atoms with Gasteiger partial charge in [-0.25, -0.2) is 0 Å². The molecule has 1 fully saturated rings. The monoisotopic (exact) mass is 435 g/mol. The average Bonchev–Trinajstić information content (AvgIpc) is 3.13. The smallest absolute Gasteiger partial charge is 0.545 e. The largest absolute Gasteiger partial charge is 1.00 e. The van der Waals surface area contributed by atoms with E-state index in [9.17, 15) is 9.90 Å². The van der Waals surface area contributed by atoms with E-state index >= 15 is 0 Å². The van der Waals surface area contributed by atoms with Gasteiger partial charge in [0.2, 0.25) is 0 Å². The predicted molar refractivity (Wildman–Crippen MR) is 110 cm³/mol. The summed E-state index contributed by atoms with van der Waals surface area (Å²) in [7, 11) is 0. The number of carboxylic acid groups (broad SMARTS) is 1. The number of aromatic carboxylic acids is 1. The van der Waals surface area contributed by atoms with Gasteiger partial charge < -0.3 is 23.9 Å². The Labute approximate surface area is 203 Å². The molecule has 5 nitrogen and oxygen atoms in total. The van der Waals surface area contributed by atoms with E-state index in [2.05, 4.69) is 0 Å². The van der Waals surface area contributed by atoms with Gasteiger partial charge in [-0.05, 0) is 55.5 Å². The van der Waals surface area contributed by atoms with Crippen LogP contribution in [0, 0.1) is 5.92 Å². The third-order valence-electron chi connectivity index (χ3n) is 5.52. The van der Waals surface area contributed by atoms with Crippen molar-refractivity contribution in [2.75, 3.05) is 19.8 Å². The number of carboxylic acids is 1. The second-order valence-corrected chi connectivity index (χ2v) is 7.85. The zero-order valence-corrected chi connectivity index (χ0v) is 19.9. The van der Waals surface area contributed by atoms with Crippen molar-refractivity contribution in [3.8, 4) is 5.75 Å². The van der Waals surface area contributed by atoms with E-state index in [4.69, 9.17) is 21.1 Å². The molecule has 0 atom stereocenters. The molecule has 0 spiro atoms. The number of hydrogen-bond donors (Lipinski definition) is 0. The summed E-state index contributed by atoms with van der Waals surface area (Å²) in [4.78, 5) is 11.4. The van der Waals surface area contributed by atoms with Crippen LogP contribution in [-0.4, -0.2) is 30.4 Å². The second kappa shape index (κ2) is 10.7. The minimum Gasteiger partial charge on any atom is -0.545 e. The van der Waals surface area contributed by atoms with Crippen molar-refractivity contribution in [1.29, 1.82) is 0 Å². The topological polar surface area (TPSA) is 63.5 Å². The van der Waals surface area contributed by atoms with E-state index in [1.807, 2.05) is 35.0 Å². The fraction of sp³-hybridized carbons (Fsp3) is 0.348. The first-order valence-corrected chi connectivity index (χ1v) is 10.3. The van der Waals surface area contributed by atoms with Crippen LogP contribution in [0.3, 0.4) is 0 Å². The molecule has 0 bridgehead atoms. The molecule has 4 rings (SSSR count). The predicted octanol–water partition coefficient (Wildman–Crippen LogP) is 0.906. The molecule has 3 aromatic rings. The second-order valence-electron chi connectivity index (χ2n) is 7.41.